The Hall–Kier alpha value is -2.30. The number of nitrogens with two attached hydrogens (primary N) is 1. The first-order valence-corrected chi connectivity index (χ1v) is 7.20. The third-order valence-corrected chi connectivity index (χ3v) is 3.99. The Balaban J connectivity index is 1.93. The van der Waals surface area contributed by atoms with Gasteiger partial charge >= 0.3 is 5.97 Å². The summed E-state index contributed by atoms with van der Waals surface area (Å²) in [6.45, 7) is 3.96. The molecule has 2 N–H and O–H groups in total. The van der Waals surface area contributed by atoms with Crippen molar-refractivity contribution in [3.05, 3.63) is 46.9 Å². The Morgan fingerprint density at radius 3 is 2.57 bits per heavy atom. The molecular formula is C16H19N3O2. The number of imidazole rings is 1. The number of hydrogen-bond donors (Lipinski definition) is 1. The van der Waals surface area contributed by atoms with Crippen molar-refractivity contribution in [3.63, 3.8) is 0 Å². The van der Waals surface area contributed by atoms with Gasteiger partial charge in [0.1, 0.15) is 11.6 Å². The second kappa shape index (κ2) is 5.24. The van der Waals surface area contributed by atoms with Crippen molar-refractivity contribution in [2.75, 3.05) is 12.3 Å². The topological polar surface area (TPSA) is 70.1 Å². The lowest BCUT2D eigenvalue weighted by Gasteiger charge is -2.15. The van der Waals surface area contributed by atoms with E-state index in [1.54, 1.807) is 6.92 Å². The van der Waals surface area contributed by atoms with E-state index >= 15 is 0 Å². The van der Waals surface area contributed by atoms with Crippen molar-refractivity contribution in [2.24, 2.45) is 0 Å². The van der Waals surface area contributed by atoms with Crippen LogP contribution in [0.4, 0.5) is 5.82 Å². The Morgan fingerprint density at radius 1 is 1.38 bits per heavy atom. The summed E-state index contributed by atoms with van der Waals surface area (Å²) in [6.07, 6.45) is 1.83. The number of carbonyl (C=O) groups is 1. The number of rotatable bonds is 3. The molecular weight excluding hydrogens is 266 g/mol. The molecule has 5 heteroatoms. The van der Waals surface area contributed by atoms with E-state index in [0.29, 0.717) is 12.4 Å². The molecule has 5 nitrogen and oxygen atoms in total. The molecule has 0 unspecified atom stereocenters. The number of esters is 1. The van der Waals surface area contributed by atoms with Crippen molar-refractivity contribution in [2.45, 2.75) is 32.7 Å². The number of anilines is 1. The van der Waals surface area contributed by atoms with Crippen LogP contribution in [0.25, 0.3) is 0 Å². The fraction of sp³-hybridized carbons (Fsp3) is 0.375. The average molecular weight is 285 g/mol. The minimum absolute atomic E-state index is 0.220. The highest BCUT2D eigenvalue weighted by Crippen LogP contribution is 2.33. The Morgan fingerprint density at radius 2 is 2.00 bits per heavy atom. The van der Waals surface area contributed by atoms with Gasteiger partial charge in [0.2, 0.25) is 0 Å². The van der Waals surface area contributed by atoms with Crippen molar-refractivity contribution < 1.29 is 9.53 Å². The number of fused-ring (bicyclic) bond motifs is 1. The summed E-state index contributed by atoms with van der Waals surface area (Å²) in [6, 6.07) is 8.61. The molecule has 0 radical (unpaired) electrons. The quantitative estimate of drug-likeness (QED) is 0.878. The van der Waals surface area contributed by atoms with Crippen LogP contribution in [0.3, 0.4) is 0 Å². The predicted molar refractivity (Wildman–Crippen MR) is 80.2 cm³/mol. The molecule has 110 valence electrons. The van der Waals surface area contributed by atoms with Gasteiger partial charge in [0.15, 0.2) is 5.69 Å². The number of hydrogen-bond acceptors (Lipinski definition) is 4. The van der Waals surface area contributed by atoms with Crippen LogP contribution in [0.1, 0.15) is 40.4 Å². The minimum Gasteiger partial charge on any atom is -0.461 e. The molecule has 3 rings (SSSR count). The van der Waals surface area contributed by atoms with E-state index in [9.17, 15) is 4.79 Å². The molecule has 0 saturated carbocycles. The molecule has 2 aromatic rings. The van der Waals surface area contributed by atoms with Gasteiger partial charge in [0, 0.05) is 6.04 Å². The number of benzene rings is 1. The van der Waals surface area contributed by atoms with Crippen LogP contribution in [0, 0.1) is 6.92 Å². The maximum Gasteiger partial charge on any atom is 0.360 e. The fourth-order valence-electron chi connectivity index (χ4n) is 3.09. The summed E-state index contributed by atoms with van der Waals surface area (Å²) in [4.78, 5) is 16.2. The van der Waals surface area contributed by atoms with Crippen molar-refractivity contribution in [3.8, 4) is 0 Å². The van der Waals surface area contributed by atoms with Gasteiger partial charge in [-0.25, -0.2) is 9.78 Å². The average Bonchev–Trinajstić information content (AvgIpc) is 2.99. The first-order chi connectivity index (χ1) is 10.1. The van der Waals surface area contributed by atoms with Gasteiger partial charge in [0.25, 0.3) is 0 Å². The summed E-state index contributed by atoms with van der Waals surface area (Å²) >= 11 is 0. The first-order valence-electron chi connectivity index (χ1n) is 7.20. The zero-order valence-electron chi connectivity index (χ0n) is 12.3. The highest BCUT2D eigenvalue weighted by molar-refractivity contribution is 5.92. The van der Waals surface area contributed by atoms with Crippen LogP contribution in [0.15, 0.2) is 24.3 Å². The lowest BCUT2D eigenvalue weighted by atomic mass is 10.1. The number of ether oxygens (including phenoxy) is 1. The Kier molecular flexibility index (Phi) is 3.41. The molecule has 1 aliphatic carbocycles. The standard InChI is InChI=1S/C16H19N3O2/c1-3-21-16(20)14-15(17)19(10(2)18-14)13-8-11-6-4-5-7-12(11)9-13/h4-7,13H,3,8-9,17H2,1-2H3. The molecule has 21 heavy (non-hydrogen) atoms. The van der Waals surface area contributed by atoms with Crippen LogP contribution in [-0.4, -0.2) is 22.1 Å². The number of nitrogens with zero attached hydrogens (tertiary/aromatic N) is 2. The molecule has 0 bridgehead atoms. The largest absolute Gasteiger partial charge is 0.461 e. The van der Waals surface area contributed by atoms with Gasteiger partial charge in [-0.1, -0.05) is 24.3 Å². The molecule has 1 heterocycles. The van der Waals surface area contributed by atoms with Crippen LogP contribution in [-0.2, 0) is 17.6 Å². The van der Waals surface area contributed by atoms with Crippen LogP contribution < -0.4 is 5.73 Å². The lowest BCUT2D eigenvalue weighted by Crippen LogP contribution is -2.15. The van der Waals surface area contributed by atoms with Crippen molar-refractivity contribution >= 4 is 11.8 Å². The highest BCUT2D eigenvalue weighted by atomic mass is 16.5. The summed E-state index contributed by atoms with van der Waals surface area (Å²) in [5.41, 5.74) is 9.06. The normalized spacial score (nSPS) is 14.2. The van der Waals surface area contributed by atoms with E-state index in [0.717, 1.165) is 18.7 Å². The van der Waals surface area contributed by atoms with E-state index in [1.807, 2.05) is 11.5 Å². The van der Waals surface area contributed by atoms with Gasteiger partial charge in [-0.3, -0.25) is 0 Å². The summed E-state index contributed by atoms with van der Waals surface area (Å²) in [7, 11) is 0. The predicted octanol–water partition coefficient (Wildman–Crippen LogP) is 2.29. The lowest BCUT2D eigenvalue weighted by molar-refractivity contribution is 0.0521. The van der Waals surface area contributed by atoms with E-state index in [1.165, 1.54) is 11.1 Å². The number of nitrogen functional groups attached to an aromatic ring is 1. The van der Waals surface area contributed by atoms with Crippen LogP contribution in [0.2, 0.25) is 0 Å². The monoisotopic (exact) mass is 285 g/mol. The maximum atomic E-state index is 11.9. The highest BCUT2D eigenvalue weighted by Gasteiger charge is 2.28. The second-order valence-electron chi connectivity index (χ2n) is 5.31. The van der Waals surface area contributed by atoms with Crippen molar-refractivity contribution in [1.82, 2.24) is 9.55 Å². The first kappa shape index (κ1) is 13.7. The van der Waals surface area contributed by atoms with Gasteiger partial charge in [-0.15, -0.1) is 0 Å². The Bertz CT molecular complexity index is 666. The molecule has 1 aliphatic rings. The Labute approximate surface area is 123 Å². The molecule has 1 aromatic heterocycles. The van der Waals surface area contributed by atoms with Gasteiger partial charge in [0.05, 0.1) is 6.61 Å². The minimum atomic E-state index is -0.452. The van der Waals surface area contributed by atoms with Gasteiger partial charge in [-0.2, -0.15) is 0 Å². The number of carbonyl (C=O) groups excluding carboxylic acids is 1. The van der Waals surface area contributed by atoms with Gasteiger partial charge < -0.3 is 15.0 Å². The van der Waals surface area contributed by atoms with E-state index in [4.69, 9.17) is 10.5 Å². The number of aromatic nitrogens is 2. The fourth-order valence-corrected chi connectivity index (χ4v) is 3.09. The zero-order chi connectivity index (χ0) is 15.0. The molecule has 0 atom stereocenters. The molecule has 1 aromatic carbocycles. The zero-order valence-corrected chi connectivity index (χ0v) is 12.3. The molecule has 0 saturated heterocycles. The van der Waals surface area contributed by atoms with Crippen LogP contribution >= 0.6 is 0 Å². The third-order valence-electron chi connectivity index (χ3n) is 3.99. The second-order valence-corrected chi connectivity index (χ2v) is 5.31. The summed E-state index contributed by atoms with van der Waals surface area (Å²) in [5.74, 6) is 0.712. The SMILES string of the molecule is CCOC(=O)c1nc(C)n(C2Cc3ccccc3C2)c1N. The molecule has 0 spiro atoms. The van der Waals surface area contributed by atoms with Crippen LogP contribution in [0.5, 0.6) is 0 Å². The molecule has 0 amide bonds. The molecule has 0 fully saturated rings. The van der Waals surface area contributed by atoms with E-state index in [2.05, 4.69) is 29.2 Å². The van der Waals surface area contributed by atoms with E-state index < -0.39 is 5.97 Å². The van der Waals surface area contributed by atoms with Crippen molar-refractivity contribution in [1.29, 1.82) is 0 Å². The van der Waals surface area contributed by atoms with E-state index in [-0.39, 0.29) is 11.7 Å². The summed E-state index contributed by atoms with van der Waals surface area (Å²) < 4.78 is 6.97. The summed E-state index contributed by atoms with van der Waals surface area (Å²) in [5, 5.41) is 0. The smallest absolute Gasteiger partial charge is 0.360 e. The molecule has 0 aliphatic heterocycles. The third kappa shape index (κ3) is 2.28. The van der Waals surface area contributed by atoms with Gasteiger partial charge in [-0.05, 0) is 37.8 Å². The maximum absolute atomic E-state index is 11.9. The number of aryl methyl sites for hydroxylation is 1.